The number of fused-ring (bicyclic) bond motifs is 4. The highest BCUT2D eigenvalue weighted by Gasteiger charge is 2.20. The summed E-state index contributed by atoms with van der Waals surface area (Å²) < 4.78 is 16.5. The van der Waals surface area contributed by atoms with Crippen molar-refractivity contribution >= 4 is 33.3 Å². The molecule has 0 radical (unpaired) electrons. The third-order valence-electron chi connectivity index (χ3n) is 5.23. The van der Waals surface area contributed by atoms with Crippen molar-refractivity contribution in [2.75, 3.05) is 6.79 Å². The SMILES string of the molecule is O=c1[nH]c(CSc2nnc(-c3ccc4c(c3)OCO4)o2)nc2sc3c(c12)CCCC3. The Morgan fingerprint density at radius 1 is 1.13 bits per heavy atom. The van der Waals surface area contributed by atoms with Crippen molar-refractivity contribution in [1.82, 2.24) is 20.2 Å². The molecular formula is C20H16N4O4S2. The minimum Gasteiger partial charge on any atom is -0.454 e. The van der Waals surface area contributed by atoms with Gasteiger partial charge in [-0.2, -0.15) is 0 Å². The number of aromatic amines is 1. The number of hydrogen-bond acceptors (Lipinski definition) is 9. The Labute approximate surface area is 178 Å². The Morgan fingerprint density at radius 2 is 2.03 bits per heavy atom. The molecule has 0 unspecified atom stereocenters. The van der Waals surface area contributed by atoms with Crippen molar-refractivity contribution < 1.29 is 13.9 Å². The predicted octanol–water partition coefficient (Wildman–Crippen LogP) is 3.93. The van der Waals surface area contributed by atoms with Gasteiger partial charge < -0.3 is 18.9 Å². The summed E-state index contributed by atoms with van der Waals surface area (Å²) in [4.78, 5) is 22.4. The summed E-state index contributed by atoms with van der Waals surface area (Å²) in [5, 5.41) is 9.39. The topological polar surface area (TPSA) is 103 Å². The first-order chi connectivity index (χ1) is 14.7. The third kappa shape index (κ3) is 3.07. The lowest BCUT2D eigenvalue weighted by atomic mass is 9.97. The number of H-pyrrole nitrogens is 1. The van der Waals surface area contributed by atoms with E-state index in [-0.39, 0.29) is 12.4 Å². The van der Waals surface area contributed by atoms with Gasteiger partial charge in [-0.3, -0.25) is 4.79 Å². The summed E-state index contributed by atoms with van der Waals surface area (Å²) in [6.07, 6.45) is 4.34. The molecule has 1 aromatic carbocycles. The second-order valence-electron chi connectivity index (χ2n) is 7.13. The Bertz CT molecular complexity index is 1330. The van der Waals surface area contributed by atoms with E-state index < -0.39 is 0 Å². The number of hydrogen-bond donors (Lipinski definition) is 1. The fourth-order valence-corrected chi connectivity index (χ4v) is 5.74. The van der Waals surface area contributed by atoms with Crippen LogP contribution in [0.25, 0.3) is 21.7 Å². The van der Waals surface area contributed by atoms with Gasteiger partial charge in [-0.1, -0.05) is 11.8 Å². The number of nitrogens with one attached hydrogen (secondary N) is 1. The molecule has 30 heavy (non-hydrogen) atoms. The lowest BCUT2D eigenvalue weighted by Gasteiger charge is -2.09. The highest BCUT2D eigenvalue weighted by atomic mass is 32.2. The molecule has 0 fully saturated rings. The van der Waals surface area contributed by atoms with Crippen molar-refractivity contribution in [3.8, 4) is 23.0 Å². The van der Waals surface area contributed by atoms with E-state index in [1.165, 1.54) is 28.6 Å². The van der Waals surface area contributed by atoms with E-state index in [0.29, 0.717) is 34.2 Å². The fourth-order valence-electron chi connectivity index (χ4n) is 3.82. The molecular weight excluding hydrogens is 424 g/mol. The second kappa shape index (κ2) is 7.13. The number of ether oxygens (including phenoxy) is 2. The number of rotatable bonds is 4. The first kappa shape index (κ1) is 18.0. The Kier molecular flexibility index (Phi) is 4.27. The molecule has 3 aromatic heterocycles. The van der Waals surface area contributed by atoms with Crippen LogP contribution in [0, 0.1) is 0 Å². The second-order valence-corrected chi connectivity index (χ2v) is 9.14. The van der Waals surface area contributed by atoms with Gasteiger partial charge in [-0.15, -0.1) is 21.5 Å². The molecule has 1 aliphatic heterocycles. The summed E-state index contributed by atoms with van der Waals surface area (Å²) >= 11 is 2.99. The molecule has 4 heterocycles. The van der Waals surface area contributed by atoms with E-state index >= 15 is 0 Å². The smallest absolute Gasteiger partial charge is 0.277 e. The maximum absolute atomic E-state index is 12.7. The normalized spacial score (nSPS) is 14.9. The predicted molar refractivity (Wildman–Crippen MR) is 112 cm³/mol. The molecule has 8 nitrogen and oxygen atoms in total. The van der Waals surface area contributed by atoms with Crippen LogP contribution in [0.1, 0.15) is 29.1 Å². The molecule has 6 rings (SSSR count). The summed E-state index contributed by atoms with van der Waals surface area (Å²) in [6.45, 7) is 0.215. The Hall–Kier alpha value is -2.85. The number of nitrogens with zero attached hydrogens (tertiary/aromatic N) is 3. The van der Waals surface area contributed by atoms with Gasteiger partial charge in [0.1, 0.15) is 10.7 Å². The van der Waals surface area contributed by atoms with Gasteiger partial charge in [0.15, 0.2) is 11.5 Å². The zero-order chi connectivity index (χ0) is 20.1. The van der Waals surface area contributed by atoms with Crippen LogP contribution in [0.3, 0.4) is 0 Å². The zero-order valence-corrected chi connectivity index (χ0v) is 17.4. The lowest BCUT2D eigenvalue weighted by molar-refractivity contribution is 0.174. The number of benzene rings is 1. The standard InChI is InChI=1S/C20H16N4O4S2/c25-17-16-11-3-1-2-4-14(11)30-19(16)22-15(21-17)8-29-20-24-23-18(28-20)10-5-6-12-13(7-10)27-9-26-12/h5-7H,1-4,8-9H2,(H,21,22,25). The minimum absolute atomic E-state index is 0.0541. The van der Waals surface area contributed by atoms with Gasteiger partial charge >= 0.3 is 0 Å². The molecule has 152 valence electrons. The van der Waals surface area contributed by atoms with Crippen molar-refractivity contribution in [3.05, 3.63) is 44.8 Å². The first-order valence-corrected chi connectivity index (χ1v) is 11.4. The van der Waals surface area contributed by atoms with Crippen molar-refractivity contribution in [1.29, 1.82) is 0 Å². The summed E-state index contributed by atoms with van der Waals surface area (Å²) in [6, 6.07) is 5.48. The maximum atomic E-state index is 12.7. The van der Waals surface area contributed by atoms with Crippen LogP contribution in [0.2, 0.25) is 0 Å². The van der Waals surface area contributed by atoms with Gasteiger partial charge in [-0.25, -0.2) is 4.98 Å². The van der Waals surface area contributed by atoms with Crippen LogP contribution < -0.4 is 15.0 Å². The van der Waals surface area contributed by atoms with Crippen molar-refractivity contribution in [2.45, 2.75) is 36.7 Å². The molecule has 4 aromatic rings. The fraction of sp³-hybridized carbons (Fsp3) is 0.300. The van der Waals surface area contributed by atoms with Crippen LogP contribution in [-0.4, -0.2) is 27.0 Å². The Balaban J connectivity index is 1.22. The van der Waals surface area contributed by atoms with Gasteiger partial charge in [0.25, 0.3) is 10.8 Å². The van der Waals surface area contributed by atoms with Gasteiger partial charge in [0.2, 0.25) is 12.7 Å². The number of thioether (sulfide) groups is 1. The number of thiophene rings is 1. The lowest BCUT2D eigenvalue weighted by Crippen LogP contribution is -2.12. The molecule has 0 spiro atoms. The molecule has 0 saturated heterocycles. The minimum atomic E-state index is -0.0541. The van der Waals surface area contributed by atoms with E-state index in [2.05, 4.69) is 20.2 Å². The van der Waals surface area contributed by atoms with Crippen LogP contribution in [0.5, 0.6) is 11.5 Å². The molecule has 0 amide bonds. The highest BCUT2D eigenvalue weighted by Crippen LogP contribution is 2.36. The molecule has 0 bridgehead atoms. The third-order valence-corrected chi connectivity index (χ3v) is 7.25. The maximum Gasteiger partial charge on any atom is 0.277 e. The van der Waals surface area contributed by atoms with Crippen LogP contribution in [-0.2, 0) is 18.6 Å². The van der Waals surface area contributed by atoms with E-state index in [1.807, 2.05) is 18.2 Å². The molecule has 1 N–H and O–H groups in total. The summed E-state index contributed by atoms with van der Waals surface area (Å²) in [5.74, 6) is 2.82. The highest BCUT2D eigenvalue weighted by molar-refractivity contribution is 7.98. The zero-order valence-electron chi connectivity index (χ0n) is 15.8. The Morgan fingerprint density at radius 3 is 3.00 bits per heavy atom. The van der Waals surface area contributed by atoms with Crippen LogP contribution in [0.4, 0.5) is 0 Å². The first-order valence-electron chi connectivity index (χ1n) is 9.64. The average Bonchev–Trinajstić information content (AvgIpc) is 3.49. The number of aromatic nitrogens is 4. The average molecular weight is 441 g/mol. The molecule has 0 saturated carbocycles. The van der Waals surface area contributed by atoms with Crippen molar-refractivity contribution in [2.24, 2.45) is 0 Å². The monoisotopic (exact) mass is 440 g/mol. The summed E-state index contributed by atoms with van der Waals surface area (Å²) in [7, 11) is 0. The van der Waals surface area contributed by atoms with Gasteiger partial charge in [-0.05, 0) is 49.4 Å². The van der Waals surface area contributed by atoms with Gasteiger partial charge in [0.05, 0.1) is 11.1 Å². The molecule has 1 aliphatic carbocycles. The van der Waals surface area contributed by atoms with Gasteiger partial charge in [0, 0.05) is 10.4 Å². The largest absolute Gasteiger partial charge is 0.454 e. The van der Waals surface area contributed by atoms with E-state index in [4.69, 9.17) is 13.9 Å². The molecule has 2 aliphatic rings. The van der Waals surface area contributed by atoms with E-state index in [9.17, 15) is 4.79 Å². The van der Waals surface area contributed by atoms with E-state index in [0.717, 1.165) is 35.0 Å². The number of aryl methyl sites for hydroxylation is 2. The quantitative estimate of drug-likeness (QED) is 0.476. The summed E-state index contributed by atoms with van der Waals surface area (Å²) in [5.41, 5.74) is 1.90. The van der Waals surface area contributed by atoms with Crippen molar-refractivity contribution in [3.63, 3.8) is 0 Å². The van der Waals surface area contributed by atoms with E-state index in [1.54, 1.807) is 11.3 Å². The molecule has 10 heteroatoms. The molecule has 0 atom stereocenters. The van der Waals surface area contributed by atoms with Crippen LogP contribution >= 0.6 is 23.1 Å². The van der Waals surface area contributed by atoms with Crippen LogP contribution in [0.15, 0.2) is 32.6 Å².